The van der Waals surface area contributed by atoms with Crippen molar-refractivity contribution in [3.63, 3.8) is 0 Å². The average Bonchev–Trinajstić information content (AvgIpc) is 2.23. The summed E-state index contributed by atoms with van der Waals surface area (Å²) in [7, 11) is 3.54. The molecule has 0 aliphatic carbocycles. The van der Waals surface area contributed by atoms with E-state index in [4.69, 9.17) is 21.1 Å². The number of halogens is 1. The topological polar surface area (TPSA) is 30.5 Å². The lowest BCUT2D eigenvalue weighted by atomic mass is 10.2. The van der Waals surface area contributed by atoms with Gasteiger partial charge in [0.25, 0.3) is 0 Å². The Hall–Kier alpha value is -0.770. The van der Waals surface area contributed by atoms with Gasteiger partial charge in [-0.1, -0.05) is 17.7 Å². The number of rotatable bonds is 6. The molecule has 0 spiro atoms. The van der Waals surface area contributed by atoms with Crippen molar-refractivity contribution in [2.24, 2.45) is 0 Å². The Morgan fingerprint density at radius 1 is 1.44 bits per heavy atom. The Balaban J connectivity index is 2.81. The SMILES string of the molecule is CNCc1c(Cl)cccc1OC(C)COC. The molecule has 0 bridgehead atoms. The molecule has 0 aliphatic rings. The summed E-state index contributed by atoms with van der Waals surface area (Å²) < 4.78 is 10.8. The molecule has 0 radical (unpaired) electrons. The van der Waals surface area contributed by atoms with Gasteiger partial charge >= 0.3 is 0 Å². The van der Waals surface area contributed by atoms with Crippen LogP contribution in [0.5, 0.6) is 5.75 Å². The van der Waals surface area contributed by atoms with Gasteiger partial charge in [-0.05, 0) is 26.1 Å². The van der Waals surface area contributed by atoms with Gasteiger partial charge in [-0.15, -0.1) is 0 Å². The third-order valence-corrected chi connectivity index (χ3v) is 2.51. The summed E-state index contributed by atoms with van der Waals surface area (Å²) in [6, 6.07) is 5.67. The van der Waals surface area contributed by atoms with Gasteiger partial charge in [0.2, 0.25) is 0 Å². The Morgan fingerprint density at radius 3 is 2.81 bits per heavy atom. The highest BCUT2D eigenvalue weighted by Gasteiger charge is 2.10. The molecule has 0 fully saturated rings. The zero-order valence-electron chi connectivity index (χ0n) is 9.92. The first kappa shape index (κ1) is 13.3. The molecule has 1 rings (SSSR count). The summed E-state index contributed by atoms with van der Waals surface area (Å²) in [5.41, 5.74) is 0.981. The molecule has 0 aromatic heterocycles. The first-order valence-corrected chi connectivity index (χ1v) is 5.64. The maximum absolute atomic E-state index is 6.12. The van der Waals surface area contributed by atoms with Crippen LogP contribution >= 0.6 is 11.6 Å². The van der Waals surface area contributed by atoms with Crippen LogP contribution in [0.15, 0.2) is 18.2 Å². The summed E-state index contributed by atoms with van der Waals surface area (Å²) in [5, 5.41) is 3.79. The zero-order chi connectivity index (χ0) is 12.0. The minimum absolute atomic E-state index is 0.0130. The van der Waals surface area contributed by atoms with Gasteiger partial charge in [0.05, 0.1) is 6.61 Å². The predicted octanol–water partition coefficient (Wildman–Crippen LogP) is 2.47. The number of hydrogen-bond acceptors (Lipinski definition) is 3. The molecule has 90 valence electrons. The minimum Gasteiger partial charge on any atom is -0.488 e. The number of nitrogens with one attached hydrogen (secondary N) is 1. The summed E-state index contributed by atoms with van der Waals surface area (Å²) >= 11 is 6.12. The van der Waals surface area contributed by atoms with Crippen molar-refractivity contribution in [3.8, 4) is 5.75 Å². The molecule has 1 N–H and O–H groups in total. The summed E-state index contributed by atoms with van der Waals surface area (Å²) in [6.45, 7) is 3.22. The Labute approximate surface area is 102 Å². The summed E-state index contributed by atoms with van der Waals surface area (Å²) in [6.07, 6.45) is 0.0130. The molecular formula is C12H18ClNO2. The second kappa shape index (κ2) is 6.74. The number of benzene rings is 1. The van der Waals surface area contributed by atoms with Gasteiger partial charge < -0.3 is 14.8 Å². The smallest absolute Gasteiger partial charge is 0.125 e. The predicted molar refractivity (Wildman–Crippen MR) is 66.2 cm³/mol. The molecular weight excluding hydrogens is 226 g/mol. The van der Waals surface area contributed by atoms with Gasteiger partial charge in [0.15, 0.2) is 0 Å². The van der Waals surface area contributed by atoms with Crippen LogP contribution < -0.4 is 10.1 Å². The van der Waals surface area contributed by atoms with E-state index in [9.17, 15) is 0 Å². The fraction of sp³-hybridized carbons (Fsp3) is 0.500. The maximum Gasteiger partial charge on any atom is 0.125 e. The second-order valence-corrected chi connectivity index (χ2v) is 4.04. The fourth-order valence-corrected chi connectivity index (χ4v) is 1.72. The maximum atomic E-state index is 6.12. The summed E-state index contributed by atoms with van der Waals surface area (Å²) in [4.78, 5) is 0. The van der Waals surface area contributed by atoms with Crippen LogP contribution in [-0.4, -0.2) is 26.9 Å². The number of hydrogen-bond donors (Lipinski definition) is 1. The van der Waals surface area contributed by atoms with Crippen molar-refractivity contribution in [1.29, 1.82) is 0 Å². The van der Waals surface area contributed by atoms with E-state index in [1.807, 2.05) is 32.2 Å². The molecule has 1 atom stereocenters. The van der Waals surface area contributed by atoms with Gasteiger partial charge in [0, 0.05) is 24.2 Å². The highest BCUT2D eigenvalue weighted by atomic mass is 35.5. The van der Waals surface area contributed by atoms with E-state index in [0.717, 1.165) is 16.3 Å². The van der Waals surface area contributed by atoms with Crippen molar-refractivity contribution in [2.75, 3.05) is 20.8 Å². The molecule has 1 aromatic rings. The molecule has 0 heterocycles. The van der Waals surface area contributed by atoms with Crippen molar-refractivity contribution >= 4 is 11.6 Å². The lowest BCUT2D eigenvalue weighted by Crippen LogP contribution is -2.19. The highest BCUT2D eigenvalue weighted by molar-refractivity contribution is 6.31. The lowest BCUT2D eigenvalue weighted by Gasteiger charge is -2.17. The molecule has 0 amide bonds. The molecule has 0 saturated carbocycles. The van der Waals surface area contributed by atoms with Crippen molar-refractivity contribution in [2.45, 2.75) is 19.6 Å². The van der Waals surface area contributed by atoms with E-state index in [1.165, 1.54) is 0 Å². The van der Waals surface area contributed by atoms with Gasteiger partial charge in [-0.2, -0.15) is 0 Å². The zero-order valence-corrected chi connectivity index (χ0v) is 10.7. The normalized spacial score (nSPS) is 12.5. The number of methoxy groups -OCH3 is 1. The van der Waals surface area contributed by atoms with Crippen molar-refractivity contribution in [3.05, 3.63) is 28.8 Å². The van der Waals surface area contributed by atoms with Crippen LogP contribution in [0.25, 0.3) is 0 Å². The van der Waals surface area contributed by atoms with E-state index in [0.29, 0.717) is 13.2 Å². The van der Waals surface area contributed by atoms with Crippen LogP contribution in [0, 0.1) is 0 Å². The van der Waals surface area contributed by atoms with Crippen molar-refractivity contribution < 1.29 is 9.47 Å². The number of ether oxygens (including phenoxy) is 2. The fourth-order valence-electron chi connectivity index (χ4n) is 1.48. The standard InChI is InChI=1S/C12H18ClNO2/c1-9(8-15-3)16-12-6-4-5-11(13)10(12)7-14-2/h4-6,9,14H,7-8H2,1-3H3. The quantitative estimate of drug-likeness (QED) is 0.833. The van der Waals surface area contributed by atoms with Crippen molar-refractivity contribution in [1.82, 2.24) is 5.32 Å². The molecule has 4 heteroatoms. The van der Waals surface area contributed by atoms with Crippen LogP contribution in [0.1, 0.15) is 12.5 Å². The van der Waals surface area contributed by atoms with E-state index < -0.39 is 0 Å². The lowest BCUT2D eigenvalue weighted by molar-refractivity contribution is 0.0913. The third-order valence-electron chi connectivity index (χ3n) is 2.16. The minimum atomic E-state index is 0.0130. The molecule has 1 unspecified atom stereocenters. The van der Waals surface area contributed by atoms with Gasteiger partial charge in [-0.3, -0.25) is 0 Å². The first-order valence-electron chi connectivity index (χ1n) is 5.26. The second-order valence-electron chi connectivity index (χ2n) is 3.63. The molecule has 0 aliphatic heterocycles. The average molecular weight is 244 g/mol. The third kappa shape index (κ3) is 3.67. The van der Waals surface area contributed by atoms with Gasteiger partial charge in [0.1, 0.15) is 11.9 Å². The largest absolute Gasteiger partial charge is 0.488 e. The van der Waals surface area contributed by atoms with Crippen LogP contribution in [0.3, 0.4) is 0 Å². The Bertz CT molecular complexity index is 331. The Morgan fingerprint density at radius 2 is 2.19 bits per heavy atom. The monoisotopic (exact) mass is 243 g/mol. The van der Waals surface area contributed by atoms with Crippen LogP contribution in [-0.2, 0) is 11.3 Å². The molecule has 0 saturated heterocycles. The van der Waals surface area contributed by atoms with E-state index in [2.05, 4.69) is 5.32 Å². The molecule has 1 aromatic carbocycles. The molecule has 3 nitrogen and oxygen atoms in total. The first-order chi connectivity index (χ1) is 7.69. The Kier molecular flexibility index (Phi) is 5.60. The van der Waals surface area contributed by atoms with Crippen LogP contribution in [0.4, 0.5) is 0 Å². The van der Waals surface area contributed by atoms with E-state index in [1.54, 1.807) is 7.11 Å². The highest BCUT2D eigenvalue weighted by Crippen LogP contribution is 2.27. The molecule has 16 heavy (non-hydrogen) atoms. The van der Waals surface area contributed by atoms with E-state index >= 15 is 0 Å². The van der Waals surface area contributed by atoms with Crippen LogP contribution in [0.2, 0.25) is 5.02 Å². The van der Waals surface area contributed by atoms with E-state index in [-0.39, 0.29) is 6.10 Å². The van der Waals surface area contributed by atoms with Gasteiger partial charge in [-0.25, -0.2) is 0 Å². The summed E-state index contributed by atoms with van der Waals surface area (Å²) in [5.74, 6) is 0.811.